The highest BCUT2D eigenvalue weighted by atomic mass is 32.2. The standard InChI is InChI=1S/C21H37N3O2S2/c1-5-22-19(23-16-20(2,3)13-15-28(4,25)26)24-17-21(11-7-6-8-12-21)18-10-9-14-27-18/h9-10,14H,5-8,11-13,15-17H2,1-4H3,(H2,22,23,24). The zero-order valence-corrected chi connectivity index (χ0v) is 19.5. The molecule has 0 saturated heterocycles. The minimum Gasteiger partial charge on any atom is -0.357 e. The normalized spacial score (nSPS) is 18.1. The van der Waals surface area contributed by atoms with Crippen LogP contribution < -0.4 is 10.6 Å². The highest BCUT2D eigenvalue weighted by Gasteiger charge is 2.35. The van der Waals surface area contributed by atoms with E-state index in [1.54, 1.807) is 0 Å². The Morgan fingerprint density at radius 2 is 1.96 bits per heavy atom. The average molecular weight is 428 g/mol. The molecule has 28 heavy (non-hydrogen) atoms. The van der Waals surface area contributed by atoms with Crippen LogP contribution in [-0.2, 0) is 15.3 Å². The van der Waals surface area contributed by atoms with Crippen molar-refractivity contribution in [1.29, 1.82) is 0 Å². The summed E-state index contributed by atoms with van der Waals surface area (Å²) in [5.74, 6) is 1.04. The zero-order valence-electron chi connectivity index (χ0n) is 17.9. The molecule has 2 N–H and O–H groups in total. The highest BCUT2D eigenvalue weighted by molar-refractivity contribution is 7.90. The first-order valence-corrected chi connectivity index (χ1v) is 13.3. The lowest BCUT2D eigenvalue weighted by molar-refractivity contribution is 0.296. The largest absolute Gasteiger partial charge is 0.357 e. The van der Waals surface area contributed by atoms with E-state index in [1.807, 2.05) is 11.3 Å². The molecule has 0 amide bonds. The number of rotatable bonds is 9. The topological polar surface area (TPSA) is 70.6 Å². The van der Waals surface area contributed by atoms with E-state index >= 15 is 0 Å². The molecular formula is C21H37N3O2S2. The number of nitrogens with zero attached hydrogens (tertiary/aromatic N) is 1. The molecule has 0 spiro atoms. The van der Waals surface area contributed by atoms with Crippen molar-refractivity contribution in [1.82, 2.24) is 10.6 Å². The van der Waals surface area contributed by atoms with E-state index in [4.69, 9.17) is 4.99 Å². The molecule has 0 unspecified atom stereocenters. The first kappa shape index (κ1) is 23.2. The summed E-state index contributed by atoms with van der Waals surface area (Å²) in [5.41, 5.74) is 0.0517. The third-order valence-electron chi connectivity index (χ3n) is 5.61. The Labute approximate surface area is 175 Å². The minimum absolute atomic E-state index is 0.151. The van der Waals surface area contributed by atoms with Gasteiger partial charge >= 0.3 is 0 Å². The molecule has 1 aromatic rings. The van der Waals surface area contributed by atoms with Crippen molar-refractivity contribution in [3.05, 3.63) is 22.4 Å². The summed E-state index contributed by atoms with van der Waals surface area (Å²) in [7, 11) is -2.94. The van der Waals surface area contributed by atoms with Crippen molar-refractivity contribution in [2.45, 2.75) is 64.7 Å². The van der Waals surface area contributed by atoms with Crippen LogP contribution in [0.3, 0.4) is 0 Å². The van der Waals surface area contributed by atoms with E-state index in [-0.39, 0.29) is 16.6 Å². The molecule has 1 saturated carbocycles. The maximum Gasteiger partial charge on any atom is 0.191 e. The van der Waals surface area contributed by atoms with Crippen LogP contribution >= 0.6 is 11.3 Å². The molecule has 160 valence electrons. The molecule has 1 fully saturated rings. The predicted octanol–water partition coefficient (Wildman–Crippen LogP) is 3.97. The molecule has 2 rings (SSSR count). The molecule has 0 atom stereocenters. The maximum atomic E-state index is 11.5. The zero-order chi connectivity index (χ0) is 20.7. The molecule has 0 aliphatic heterocycles. The minimum atomic E-state index is -2.94. The molecule has 1 aromatic heterocycles. The van der Waals surface area contributed by atoms with Crippen LogP contribution in [0.1, 0.15) is 64.2 Å². The van der Waals surface area contributed by atoms with E-state index < -0.39 is 9.84 Å². The van der Waals surface area contributed by atoms with Gasteiger partial charge in [0, 0.05) is 36.2 Å². The summed E-state index contributed by atoms with van der Waals surface area (Å²) < 4.78 is 23.0. The Hall–Kier alpha value is -1.08. The Kier molecular flexibility index (Phi) is 8.37. The smallest absolute Gasteiger partial charge is 0.191 e. The van der Waals surface area contributed by atoms with Crippen LogP contribution in [0, 0.1) is 5.41 Å². The van der Waals surface area contributed by atoms with Crippen molar-refractivity contribution < 1.29 is 8.42 Å². The highest BCUT2D eigenvalue weighted by Crippen LogP contribution is 2.41. The van der Waals surface area contributed by atoms with Crippen LogP contribution in [0.25, 0.3) is 0 Å². The molecule has 1 aliphatic carbocycles. The fraction of sp³-hybridized carbons (Fsp3) is 0.762. The number of thiophene rings is 1. The fourth-order valence-electron chi connectivity index (χ4n) is 3.75. The Morgan fingerprint density at radius 1 is 1.25 bits per heavy atom. The summed E-state index contributed by atoms with van der Waals surface area (Å²) >= 11 is 1.86. The lowest BCUT2D eigenvalue weighted by Crippen LogP contribution is -2.46. The number of guanidine groups is 1. The number of aliphatic imine (C=N–C) groups is 1. The summed E-state index contributed by atoms with van der Waals surface area (Å²) in [5, 5.41) is 9.12. The Balaban J connectivity index is 2.03. The summed E-state index contributed by atoms with van der Waals surface area (Å²) in [6.45, 7) is 8.54. The van der Waals surface area contributed by atoms with Gasteiger partial charge in [-0.1, -0.05) is 39.2 Å². The van der Waals surface area contributed by atoms with Crippen LogP contribution in [0.2, 0.25) is 0 Å². The van der Waals surface area contributed by atoms with Gasteiger partial charge in [0.05, 0.1) is 5.75 Å². The Morgan fingerprint density at radius 3 is 2.54 bits per heavy atom. The van der Waals surface area contributed by atoms with E-state index in [1.165, 1.54) is 43.2 Å². The van der Waals surface area contributed by atoms with Gasteiger partial charge in [-0.2, -0.15) is 0 Å². The van der Waals surface area contributed by atoms with Gasteiger partial charge in [-0.3, -0.25) is 4.99 Å². The maximum absolute atomic E-state index is 11.5. The second-order valence-electron chi connectivity index (χ2n) is 8.91. The van der Waals surface area contributed by atoms with Crippen LogP contribution in [0.15, 0.2) is 22.5 Å². The molecule has 0 bridgehead atoms. The van der Waals surface area contributed by atoms with Gasteiger partial charge < -0.3 is 10.6 Å². The van der Waals surface area contributed by atoms with Crippen LogP contribution in [-0.4, -0.2) is 46.0 Å². The van der Waals surface area contributed by atoms with E-state index in [9.17, 15) is 8.42 Å². The second-order valence-corrected chi connectivity index (χ2v) is 12.1. The quantitative estimate of drug-likeness (QED) is 0.462. The predicted molar refractivity (Wildman–Crippen MR) is 121 cm³/mol. The second kappa shape index (κ2) is 10.1. The molecule has 1 aliphatic rings. The third-order valence-corrected chi connectivity index (χ3v) is 7.67. The lowest BCUT2D eigenvalue weighted by Gasteiger charge is -2.37. The average Bonchev–Trinajstić information content (AvgIpc) is 3.18. The number of sulfone groups is 1. The molecule has 0 radical (unpaired) electrons. The van der Waals surface area contributed by atoms with Gasteiger partial charge in [-0.15, -0.1) is 11.3 Å². The third kappa shape index (κ3) is 7.39. The summed E-state index contributed by atoms with van der Waals surface area (Å²) in [6.07, 6.45) is 8.26. The number of hydrogen-bond acceptors (Lipinski definition) is 4. The van der Waals surface area contributed by atoms with Crippen LogP contribution in [0.4, 0.5) is 0 Å². The molecule has 5 nitrogen and oxygen atoms in total. The first-order chi connectivity index (χ1) is 13.2. The molecule has 0 aromatic carbocycles. The van der Waals surface area contributed by atoms with E-state index in [0.717, 1.165) is 19.0 Å². The van der Waals surface area contributed by atoms with Gasteiger partial charge in [-0.05, 0) is 43.0 Å². The fourth-order valence-corrected chi connectivity index (χ4v) is 5.66. The van der Waals surface area contributed by atoms with Crippen LogP contribution in [0.5, 0.6) is 0 Å². The molecular weight excluding hydrogens is 390 g/mol. The van der Waals surface area contributed by atoms with E-state index in [2.05, 4.69) is 48.9 Å². The molecule has 7 heteroatoms. The van der Waals surface area contributed by atoms with Crippen molar-refractivity contribution in [3.8, 4) is 0 Å². The van der Waals surface area contributed by atoms with Gasteiger partial charge in [0.1, 0.15) is 9.84 Å². The first-order valence-electron chi connectivity index (χ1n) is 10.4. The van der Waals surface area contributed by atoms with Crippen molar-refractivity contribution in [2.24, 2.45) is 10.4 Å². The number of nitrogens with one attached hydrogen (secondary N) is 2. The van der Waals surface area contributed by atoms with Crippen molar-refractivity contribution in [2.75, 3.05) is 31.6 Å². The van der Waals surface area contributed by atoms with Gasteiger partial charge in [0.25, 0.3) is 0 Å². The van der Waals surface area contributed by atoms with Crippen molar-refractivity contribution in [3.63, 3.8) is 0 Å². The lowest BCUT2D eigenvalue weighted by atomic mass is 9.73. The Bertz CT molecular complexity index is 719. The summed E-state index contributed by atoms with van der Waals surface area (Å²) in [4.78, 5) is 6.26. The molecule has 1 heterocycles. The number of hydrogen-bond donors (Lipinski definition) is 2. The van der Waals surface area contributed by atoms with Gasteiger partial charge in [0.2, 0.25) is 0 Å². The van der Waals surface area contributed by atoms with Crippen molar-refractivity contribution >= 4 is 27.1 Å². The van der Waals surface area contributed by atoms with Gasteiger partial charge in [0.15, 0.2) is 5.96 Å². The van der Waals surface area contributed by atoms with Gasteiger partial charge in [-0.25, -0.2) is 8.42 Å². The monoisotopic (exact) mass is 427 g/mol. The SMILES string of the molecule is CCNC(=NCC(C)(C)CCS(C)(=O)=O)NCC1(c2cccs2)CCCCC1. The van der Waals surface area contributed by atoms with E-state index in [0.29, 0.717) is 13.0 Å². The summed E-state index contributed by atoms with van der Waals surface area (Å²) in [6, 6.07) is 4.43.